The van der Waals surface area contributed by atoms with Crippen LogP contribution in [0.2, 0.25) is 0 Å². The Bertz CT molecular complexity index is 871. The van der Waals surface area contributed by atoms with Crippen LogP contribution in [0.3, 0.4) is 0 Å². The molecule has 27 heavy (non-hydrogen) atoms. The van der Waals surface area contributed by atoms with Crippen molar-refractivity contribution in [3.05, 3.63) is 35.0 Å². The molecule has 3 aromatic heterocycles. The third-order valence-corrected chi connectivity index (χ3v) is 5.32. The molecule has 0 radical (unpaired) electrons. The van der Waals surface area contributed by atoms with Crippen molar-refractivity contribution in [3.63, 3.8) is 0 Å². The van der Waals surface area contributed by atoms with Gasteiger partial charge < -0.3 is 20.3 Å². The minimum Gasteiger partial charge on any atom is -0.395 e. The Labute approximate surface area is 160 Å². The Morgan fingerprint density at radius 3 is 2.96 bits per heavy atom. The monoisotopic (exact) mass is 390 g/mol. The van der Waals surface area contributed by atoms with Crippen LogP contribution in [0.15, 0.2) is 30.2 Å². The van der Waals surface area contributed by atoms with Crippen molar-refractivity contribution in [2.45, 2.75) is 18.9 Å². The molecule has 1 aliphatic rings. The molecule has 4 heterocycles. The number of morpholine rings is 1. The number of thiophene rings is 1. The predicted octanol–water partition coefficient (Wildman–Crippen LogP) is 0.684. The van der Waals surface area contributed by atoms with E-state index in [0.717, 1.165) is 6.54 Å². The van der Waals surface area contributed by atoms with Gasteiger partial charge in [-0.2, -0.15) is 0 Å². The number of imidazole rings is 1. The molecule has 1 aliphatic heterocycles. The first kappa shape index (κ1) is 18.3. The smallest absolute Gasteiger partial charge is 0.167 e. The molecule has 0 bridgehead atoms. The van der Waals surface area contributed by atoms with Crippen molar-refractivity contribution >= 4 is 28.3 Å². The van der Waals surface area contributed by atoms with Crippen molar-refractivity contribution in [2.24, 2.45) is 0 Å². The molecule has 4 rings (SSSR count). The molecule has 1 fully saturated rings. The van der Waals surface area contributed by atoms with Gasteiger partial charge in [-0.1, -0.05) is 6.07 Å². The lowest BCUT2D eigenvalue weighted by Gasteiger charge is -2.37. The fourth-order valence-electron chi connectivity index (χ4n) is 3.26. The lowest BCUT2D eigenvalue weighted by atomic mass is 10.2. The summed E-state index contributed by atoms with van der Waals surface area (Å²) in [5.74, 6) is 0.581. The van der Waals surface area contributed by atoms with Crippen molar-refractivity contribution in [1.82, 2.24) is 24.4 Å². The molecule has 0 amide bonds. The van der Waals surface area contributed by atoms with Gasteiger partial charge in [0.1, 0.15) is 12.6 Å². The second-order valence-electron chi connectivity index (χ2n) is 6.37. The van der Waals surface area contributed by atoms with Crippen LogP contribution in [0.25, 0.3) is 11.2 Å². The van der Waals surface area contributed by atoms with E-state index in [4.69, 9.17) is 9.84 Å². The number of hydrogen-bond acceptors (Lipinski definition) is 9. The molecule has 10 heteroatoms. The van der Waals surface area contributed by atoms with Crippen LogP contribution >= 0.6 is 11.3 Å². The SMILES string of the molecule is OCCNc1ncnc2c1ncn2[C@H]1CN(Cc2cccs2)C[C@@H](CO)O1. The summed E-state index contributed by atoms with van der Waals surface area (Å²) < 4.78 is 7.95. The Morgan fingerprint density at radius 1 is 1.26 bits per heavy atom. The van der Waals surface area contributed by atoms with Crippen LogP contribution in [0.1, 0.15) is 11.1 Å². The highest BCUT2D eigenvalue weighted by Crippen LogP contribution is 2.27. The number of rotatable bonds is 7. The fraction of sp³-hybridized carbons (Fsp3) is 0.471. The summed E-state index contributed by atoms with van der Waals surface area (Å²) in [4.78, 5) is 16.6. The summed E-state index contributed by atoms with van der Waals surface area (Å²) >= 11 is 1.72. The molecule has 0 spiro atoms. The van der Waals surface area contributed by atoms with Gasteiger partial charge in [0.15, 0.2) is 17.0 Å². The molecule has 0 unspecified atom stereocenters. The van der Waals surface area contributed by atoms with Gasteiger partial charge in [-0.15, -0.1) is 11.3 Å². The minimum absolute atomic E-state index is 0.00774. The van der Waals surface area contributed by atoms with E-state index >= 15 is 0 Å². The number of ether oxygens (including phenoxy) is 1. The first-order chi connectivity index (χ1) is 13.3. The standard InChI is InChI=1S/C17H22N6O3S/c24-4-3-18-16-15-17(20-10-19-16)23(11-21-15)14-8-22(6-12(9-25)26-14)7-13-2-1-5-27-13/h1-2,5,10-12,14,24-25H,3-4,6-9H2,(H,18,19,20)/t12-,14+/m0/s1. The molecule has 0 saturated carbocycles. The highest BCUT2D eigenvalue weighted by molar-refractivity contribution is 7.09. The number of nitrogens with one attached hydrogen (secondary N) is 1. The summed E-state index contributed by atoms with van der Waals surface area (Å²) in [7, 11) is 0. The van der Waals surface area contributed by atoms with Gasteiger partial charge in [0, 0.05) is 31.1 Å². The van der Waals surface area contributed by atoms with Gasteiger partial charge in [-0.25, -0.2) is 15.0 Å². The zero-order valence-corrected chi connectivity index (χ0v) is 15.5. The molecule has 144 valence electrons. The molecule has 3 aromatic rings. The lowest BCUT2D eigenvalue weighted by molar-refractivity contribution is -0.135. The number of anilines is 1. The van der Waals surface area contributed by atoms with E-state index in [1.807, 2.05) is 10.6 Å². The number of aromatic nitrogens is 4. The molecule has 3 N–H and O–H groups in total. The van der Waals surface area contributed by atoms with Gasteiger partial charge in [0.25, 0.3) is 0 Å². The molecule has 0 aliphatic carbocycles. The highest BCUT2D eigenvalue weighted by Gasteiger charge is 2.30. The first-order valence-electron chi connectivity index (χ1n) is 8.81. The number of fused-ring (bicyclic) bond motifs is 1. The molecular formula is C17H22N6O3S. The lowest BCUT2D eigenvalue weighted by Crippen LogP contribution is -2.46. The van der Waals surface area contributed by atoms with E-state index in [-0.39, 0.29) is 25.5 Å². The van der Waals surface area contributed by atoms with E-state index in [9.17, 15) is 5.11 Å². The normalized spacial score (nSPS) is 21.0. The Kier molecular flexibility index (Phi) is 5.60. The van der Waals surface area contributed by atoms with E-state index in [1.54, 1.807) is 17.7 Å². The van der Waals surface area contributed by atoms with Crippen LogP contribution < -0.4 is 5.32 Å². The maximum atomic E-state index is 9.67. The fourth-order valence-corrected chi connectivity index (χ4v) is 4.01. The summed E-state index contributed by atoms with van der Waals surface area (Å²) in [5.41, 5.74) is 1.29. The van der Waals surface area contributed by atoms with Crippen molar-refractivity contribution in [2.75, 3.05) is 38.2 Å². The zero-order chi connectivity index (χ0) is 18.6. The minimum atomic E-state index is -0.304. The Morgan fingerprint density at radius 2 is 2.19 bits per heavy atom. The van der Waals surface area contributed by atoms with E-state index < -0.39 is 0 Å². The van der Waals surface area contributed by atoms with Crippen LogP contribution in [0, 0.1) is 0 Å². The van der Waals surface area contributed by atoms with Crippen LogP contribution in [0.4, 0.5) is 5.82 Å². The van der Waals surface area contributed by atoms with Crippen molar-refractivity contribution in [3.8, 4) is 0 Å². The molecule has 0 aromatic carbocycles. The molecule has 9 nitrogen and oxygen atoms in total. The first-order valence-corrected chi connectivity index (χ1v) is 9.69. The maximum absolute atomic E-state index is 9.67. The second kappa shape index (κ2) is 8.28. The predicted molar refractivity (Wildman–Crippen MR) is 101 cm³/mol. The number of nitrogens with zero attached hydrogens (tertiary/aromatic N) is 5. The van der Waals surface area contributed by atoms with Crippen molar-refractivity contribution < 1.29 is 14.9 Å². The quantitative estimate of drug-likeness (QED) is 0.541. The Balaban J connectivity index is 1.59. The van der Waals surface area contributed by atoms with Gasteiger partial charge in [-0.05, 0) is 11.4 Å². The summed E-state index contributed by atoms with van der Waals surface area (Å²) in [5, 5.41) is 23.8. The van der Waals surface area contributed by atoms with Crippen LogP contribution in [-0.4, -0.2) is 73.6 Å². The topological polar surface area (TPSA) is 109 Å². The average Bonchev–Trinajstić information content (AvgIpc) is 3.35. The van der Waals surface area contributed by atoms with Gasteiger partial charge in [0.2, 0.25) is 0 Å². The second-order valence-corrected chi connectivity index (χ2v) is 7.40. The number of hydrogen-bond donors (Lipinski definition) is 3. The van der Waals surface area contributed by atoms with Gasteiger partial charge >= 0.3 is 0 Å². The highest BCUT2D eigenvalue weighted by atomic mass is 32.1. The van der Waals surface area contributed by atoms with Crippen LogP contribution in [0.5, 0.6) is 0 Å². The van der Waals surface area contributed by atoms with Crippen LogP contribution in [-0.2, 0) is 11.3 Å². The number of aliphatic hydroxyl groups excluding tert-OH is 2. The van der Waals surface area contributed by atoms with Gasteiger partial charge in [-0.3, -0.25) is 9.47 Å². The third-order valence-electron chi connectivity index (χ3n) is 4.46. The zero-order valence-electron chi connectivity index (χ0n) is 14.7. The van der Waals surface area contributed by atoms with Gasteiger partial charge in [0.05, 0.1) is 25.6 Å². The molecular weight excluding hydrogens is 368 g/mol. The average molecular weight is 390 g/mol. The summed E-state index contributed by atoms with van der Waals surface area (Å²) in [6.45, 7) is 2.52. The molecule has 2 atom stereocenters. The van der Waals surface area contributed by atoms with E-state index in [2.05, 4.69) is 36.6 Å². The van der Waals surface area contributed by atoms with E-state index in [0.29, 0.717) is 36.6 Å². The molecule has 1 saturated heterocycles. The summed E-state index contributed by atoms with van der Waals surface area (Å²) in [6.07, 6.45) is 2.59. The number of aliphatic hydroxyl groups is 2. The maximum Gasteiger partial charge on any atom is 0.167 e. The Hall–Kier alpha value is -2.11. The van der Waals surface area contributed by atoms with E-state index in [1.165, 1.54) is 11.2 Å². The third kappa shape index (κ3) is 3.94. The van der Waals surface area contributed by atoms with Crippen molar-refractivity contribution in [1.29, 1.82) is 0 Å². The summed E-state index contributed by atoms with van der Waals surface area (Å²) in [6, 6.07) is 4.16. The largest absolute Gasteiger partial charge is 0.395 e.